The first-order chi connectivity index (χ1) is 12.0. The topological polar surface area (TPSA) is 87.3 Å². The molecule has 1 atom stereocenters. The van der Waals surface area contributed by atoms with Crippen LogP contribution in [0.4, 0.5) is 4.39 Å². The lowest BCUT2D eigenvalue weighted by molar-refractivity contribution is -0.123. The maximum atomic E-state index is 13.5. The molecule has 0 saturated carbocycles. The molecule has 0 heterocycles. The van der Waals surface area contributed by atoms with Crippen molar-refractivity contribution in [1.82, 2.24) is 16.2 Å². The van der Waals surface area contributed by atoms with Crippen molar-refractivity contribution < 1.29 is 18.8 Å². The van der Waals surface area contributed by atoms with E-state index in [0.717, 1.165) is 11.6 Å². The molecule has 25 heavy (non-hydrogen) atoms. The summed E-state index contributed by atoms with van der Waals surface area (Å²) in [5.74, 6) is -2.25. The first-order valence-electron chi connectivity index (χ1n) is 7.63. The van der Waals surface area contributed by atoms with Crippen LogP contribution < -0.4 is 16.2 Å². The lowest BCUT2D eigenvalue weighted by Gasteiger charge is -2.18. The number of benzene rings is 2. The fourth-order valence-electron chi connectivity index (χ4n) is 2.26. The molecule has 0 aromatic heterocycles. The third-order valence-corrected chi connectivity index (χ3v) is 3.40. The van der Waals surface area contributed by atoms with Crippen molar-refractivity contribution in [3.8, 4) is 0 Å². The predicted octanol–water partition coefficient (Wildman–Crippen LogP) is 1.85. The molecule has 0 spiro atoms. The molecule has 130 valence electrons. The van der Waals surface area contributed by atoms with Gasteiger partial charge >= 0.3 is 0 Å². The molecule has 0 bridgehead atoms. The Bertz CT molecular complexity index is 765. The number of carbonyl (C=O) groups excluding carboxylic acids is 3. The summed E-state index contributed by atoms with van der Waals surface area (Å²) in [6.45, 7) is 1.35. The Morgan fingerprint density at radius 3 is 2.24 bits per heavy atom. The quantitative estimate of drug-likeness (QED) is 0.724. The van der Waals surface area contributed by atoms with Crippen LogP contribution in [0.25, 0.3) is 0 Å². The average molecular weight is 343 g/mol. The Balaban J connectivity index is 1.96. The number of nitrogens with one attached hydrogen (secondary N) is 3. The molecular formula is C18H18FN3O3. The number of hydrogen-bond acceptors (Lipinski definition) is 3. The Kier molecular flexibility index (Phi) is 6.22. The standard InChI is InChI=1S/C18H18FN3O3/c1-12(23)20-16(13-7-3-2-4-8-13)11-17(24)21-22-18(25)14-9-5-6-10-15(14)19/h2-10,16H,11H2,1H3,(H,20,23)(H,21,24)(H,22,25)/t16-/m1/s1. The molecule has 3 N–H and O–H groups in total. The second-order valence-corrected chi connectivity index (χ2v) is 5.35. The second-order valence-electron chi connectivity index (χ2n) is 5.35. The summed E-state index contributed by atoms with van der Waals surface area (Å²) in [5, 5.41) is 2.68. The smallest absolute Gasteiger partial charge is 0.272 e. The van der Waals surface area contributed by atoms with Crippen LogP contribution in [0.1, 0.15) is 35.3 Å². The van der Waals surface area contributed by atoms with Gasteiger partial charge in [-0.05, 0) is 17.7 Å². The van der Waals surface area contributed by atoms with Gasteiger partial charge in [0, 0.05) is 6.92 Å². The number of hydrazine groups is 1. The first-order valence-corrected chi connectivity index (χ1v) is 7.63. The van der Waals surface area contributed by atoms with Gasteiger partial charge in [-0.2, -0.15) is 0 Å². The fourth-order valence-corrected chi connectivity index (χ4v) is 2.26. The normalized spacial score (nSPS) is 11.3. The molecule has 2 aromatic rings. The summed E-state index contributed by atoms with van der Waals surface area (Å²) in [6, 6.07) is 13.9. The SMILES string of the molecule is CC(=O)N[C@H](CC(=O)NNC(=O)c1ccccc1F)c1ccccc1. The molecule has 3 amide bonds. The zero-order valence-corrected chi connectivity index (χ0v) is 13.6. The Morgan fingerprint density at radius 2 is 1.60 bits per heavy atom. The molecular weight excluding hydrogens is 325 g/mol. The predicted molar refractivity (Wildman–Crippen MR) is 89.6 cm³/mol. The zero-order valence-electron chi connectivity index (χ0n) is 13.6. The highest BCUT2D eigenvalue weighted by Gasteiger charge is 2.18. The molecule has 0 aliphatic rings. The van der Waals surface area contributed by atoms with E-state index in [9.17, 15) is 18.8 Å². The second kappa shape index (κ2) is 8.58. The lowest BCUT2D eigenvalue weighted by atomic mass is 10.0. The molecule has 6 nitrogen and oxygen atoms in total. The molecule has 0 fully saturated rings. The highest BCUT2D eigenvalue weighted by Crippen LogP contribution is 2.16. The van der Waals surface area contributed by atoms with Gasteiger partial charge in [-0.3, -0.25) is 25.2 Å². The van der Waals surface area contributed by atoms with E-state index < -0.39 is 23.7 Å². The van der Waals surface area contributed by atoms with E-state index in [1.54, 1.807) is 24.3 Å². The van der Waals surface area contributed by atoms with Gasteiger partial charge in [0.15, 0.2) is 0 Å². The Morgan fingerprint density at radius 1 is 0.960 bits per heavy atom. The van der Waals surface area contributed by atoms with Gasteiger partial charge in [-0.25, -0.2) is 4.39 Å². The minimum absolute atomic E-state index is 0.0822. The molecule has 0 saturated heterocycles. The maximum Gasteiger partial charge on any atom is 0.272 e. The summed E-state index contributed by atoms with van der Waals surface area (Å²) in [6.07, 6.45) is -0.0822. The van der Waals surface area contributed by atoms with Crippen molar-refractivity contribution in [1.29, 1.82) is 0 Å². The molecule has 7 heteroatoms. The van der Waals surface area contributed by atoms with Crippen LogP contribution in [0.2, 0.25) is 0 Å². The van der Waals surface area contributed by atoms with Crippen LogP contribution in [0, 0.1) is 5.82 Å². The third-order valence-electron chi connectivity index (χ3n) is 3.40. The number of halogens is 1. The summed E-state index contributed by atoms with van der Waals surface area (Å²) >= 11 is 0. The van der Waals surface area contributed by atoms with Gasteiger partial charge in [0.2, 0.25) is 11.8 Å². The van der Waals surface area contributed by atoms with Crippen LogP contribution in [-0.4, -0.2) is 17.7 Å². The summed E-state index contributed by atoms with van der Waals surface area (Å²) in [5.41, 5.74) is 4.96. The molecule has 0 aliphatic carbocycles. The summed E-state index contributed by atoms with van der Waals surface area (Å²) in [4.78, 5) is 35.3. The van der Waals surface area contributed by atoms with Crippen LogP contribution in [0.3, 0.4) is 0 Å². The van der Waals surface area contributed by atoms with Gasteiger partial charge in [0.1, 0.15) is 5.82 Å². The van der Waals surface area contributed by atoms with Crippen LogP contribution >= 0.6 is 0 Å². The molecule has 2 rings (SSSR count). The van der Waals surface area contributed by atoms with Gasteiger partial charge in [0.05, 0.1) is 18.0 Å². The lowest BCUT2D eigenvalue weighted by Crippen LogP contribution is -2.43. The zero-order chi connectivity index (χ0) is 18.2. The van der Waals surface area contributed by atoms with Gasteiger partial charge in [0.25, 0.3) is 5.91 Å². The number of carbonyl (C=O) groups is 3. The first kappa shape index (κ1) is 18.1. The van der Waals surface area contributed by atoms with E-state index in [1.807, 2.05) is 6.07 Å². The van der Waals surface area contributed by atoms with Crippen molar-refractivity contribution in [3.05, 3.63) is 71.5 Å². The van der Waals surface area contributed by atoms with Crippen molar-refractivity contribution >= 4 is 17.7 Å². The van der Waals surface area contributed by atoms with Gasteiger partial charge < -0.3 is 5.32 Å². The summed E-state index contributed by atoms with van der Waals surface area (Å²) < 4.78 is 13.5. The van der Waals surface area contributed by atoms with Crippen molar-refractivity contribution in [2.75, 3.05) is 0 Å². The van der Waals surface area contributed by atoms with Crippen molar-refractivity contribution in [2.24, 2.45) is 0 Å². The monoisotopic (exact) mass is 343 g/mol. The Hall–Kier alpha value is -3.22. The highest BCUT2D eigenvalue weighted by atomic mass is 19.1. The van der Waals surface area contributed by atoms with Crippen LogP contribution in [-0.2, 0) is 9.59 Å². The molecule has 0 radical (unpaired) electrons. The number of rotatable bonds is 5. The number of amides is 3. The van der Waals surface area contributed by atoms with E-state index in [0.29, 0.717) is 0 Å². The molecule has 0 unspecified atom stereocenters. The van der Waals surface area contributed by atoms with Crippen molar-refractivity contribution in [3.63, 3.8) is 0 Å². The van der Waals surface area contributed by atoms with E-state index in [1.165, 1.54) is 25.1 Å². The highest BCUT2D eigenvalue weighted by molar-refractivity contribution is 5.95. The third kappa shape index (κ3) is 5.42. The fraction of sp³-hybridized carbons (Fsp3) is 0.167. The van der Waals surface area contributed by atoms with E-state index in [2.05, 4.69) is 16.2 Å². The Labute approximate surface area is 144 Å². The van der Waals surface area contributed by atoms with E-state index in [4.69, 9.17) is 0 Å². The van der Waals surface area contributed by atoms with Crippen LogP contribution in [0.15, 0.2) is 54.6 Å². The largest absolute Gasteiger partial charge is 0.349 e. The summed E-state index contributed by atoms with van der Waals surface area (Å²) in [7, 11) is 0. The van der Waals surface area contributed by atoms with Crippen LogP contribution in [0.5, 0.6) is 0 Å². The molecule has 2 aromatic carbocycles. The van der Waals surface area contributed by atoms with E-state index >= 15 is 0 Å². The van der Waals surface area contributed by atoms with Gasteiger partial charge in [-0.1, -0.05) is 42.5 Å². The minimum atomic E-state index is -0.762. The average Bonchev–Trinajstić information content (AvgIpc) is 2.60. The number of hydrogen-bond donors (Lipinski definition) is 3. The minimum Gasteiger partial charge on any atom is -0.349 e. The van der Waals surface area contributed by atoms with E-state index in [-0.39, 0.29) is 17.9 Å². The van der Waals surface area contributed by atoms with Crippen molar-refractivity contribution in [2.45, 2.75) is 19.4 Å². The van der Waals surface area contributed by atoms with Gasteiger partial charge in [-0.15, -0.1) is 0 Å². The maximum absolute atomic E-state index is 13.5. The molecule has 0 aliphatic heterocycles.